The number of nitrogens with zero attached hydrogens (tertiary/aromatic N) is 1. The fraction of sp³-hybridized carbons (Fsp3) is 0.524. The molecule has 192 valence electrons. The Bertz CT molecular complexity index is 978. The topological polar surface area (TPSA) is 187 Å². The molecule has 0 aromatic heterocycles. The maximum atomic E-state index is 11.8. The number of nitro benzene ring substituents is 1. The van der Waals surface area contributed by atoms with E-state index in [0.29, 0.717) is 0 Å². The summed E-state index contributed by atoms with van der Waals surface area (Å²) in [7, 11) is 0. The van der Waals surface area contributed by atoms with E-state index in [1.165, 1.54) is 12.1 Å². The Morgan fingerprint density at radius 3 is 2.03 bits per heavy atom. The van der Waals surface area contributed by atoms with Crippen LogP contribution in [0.5, 0.6) is 5.75 Å². The van der Waals surface area contributed by atoms with Gasteiger partial charge in [-0.05, 0) is 11.6 Å². The van der Waals surface area contributed by atoms with Crippen LogP contribution in [-0.2, 0) is 49.5 Å². The largest absolute Gasteiger partial charge is 0.463 e. The molecule has 14 heteroatoms. The smallest absolute Gasteiger partial charge is 0.311 e. The second-order valence-electron chi connectivity index (χ2n) is 7.40. The fourth-order valence-electron chi connectivity index (χ4n) is 3.31. The van der Waals surface area contributed by atoms with Gasteiger partial charge >= 0.3 is 29.6 Å². The molecule has 0 radical (unpaired) electrons. The number of hydrogen-bond donors (Lipinski definition) is 1. The van der Waals surface area contributed by atoms with Crippen LogP contribution < -0.4 is 4.74 Å². The summed E-state index contributed by atoms with van der Waals surface area (Å²) in [4.78, 5) is 57.6. The Balaban J connectivity index is 2.55. The number of carbonyl (C=O) groups excluding carboxylic acids is 4. The van der Waals surface area contributed by atoms with E-state index in [9.17, 15) is 34.4 Å². The van der Waals surface area contributed by atoms with E-state index in [2.05, 4.69) is 0 Å². The number of hydrogen-bond acceptors (Lipinski definition) is 13. The third kappa shape index (κ3) is 7.61. The van der Waals surface area contributed by atoms with E-state index >= 15 is 0 Å². The number of benzene rings is 1. The van der Waals surface area contributed by atoms with Gasteiger partial charge in [0.2, 0.25) is 12.4 Å². The van der Waals surface area contributed by atoms with Gasteiger partial charge in [0.25, 0.3) is 0 Å². The fourth-order valence-corrected chi connectivity index (χ4v) is 3.31. The van der Waals surface area contributed by atoms with Gasteiger partial charge in [-0.25, -0.2) is 0 Å². The monoisotopic (exact) mass is 499 g/mol. The average Bonchev–Trinajstić information content (AvgIpc) is 2.75. The zero-order valence-corrected chi connectivity index (χ0v) is 19.3. The molecule has 1 aromatic rings. The highest BCUT2D eigenvalue weighted by Gasteiger charge is 2.53. The van der Waals surface area contributed by atoms with Gasteiger partial charge < -0.3 is 33.5 Å². The van der Waals surface area contributed by atoms with E-state index in [0.717, 1.165) is 33.8 Å². The van der Waals surface area contributed by atoms with Crippen molar-refractivity contribution in [1.82, 2.24) is 0 Å². The number of esters is 4. The number of rotatable bonds is 9. The Morgan fingerprint density at radius 2 is 1.51 bits per heavy atom. The lowest BCUT2D eigenvalue weighted by Gasteiger charge is -2.43. The number of aliphatic hydroxyl groups is 1. The van der Waals surface area contributed by atoms with Crippen LogP contribution in [-0.4, -0.2) is 71.2 Å². The van der Waals surface area contributed by atoms with Gasteiger partial charge in [0.15, 0.2) is 18.0 Å². The summed E-state index contributed by atoms with van der Waals surface area (Å²) in [6, 6.07) is 3.62. The van der Waals surface area contributed by atoms with Crippen LogP contribution in [0.3, 0.4) is 0 Å². The van der Waals surface area contributed by atoms with E-state index in [4.69, 9.17) is 28.4 Å². The predicted octanol–water partition coefficient (Wildman–Crippen LogP) is 0.549. The zero-order chi connectivity index (χ0) is 26.3. The second-order valence-corrected chi connectivity index (χ2v) is 7.40. The quantitative estimate of drug-likeness (QED) is 0.215. The molecule has 5 unspecified atom stereocenters. The molecule has 1 heterocycles. The number of ether oxygens (including phenoxy) is 6. The van der Waals surface area contributed by atoms with Crippen molar-refractivity contribution in [3.63, 3.8) is 0 Å². The first-order valence-electron chi connectivity index (χ1n) is 10.3. The minimum Gasteiger partial charge on any atom is -0.463 e. The standard InChI is InChI=1S/C21H25NO13/c1-10(24)30-9-17-18(31-11(2)25)19(32-12(3)26)20(33-13(4)27)21(35-17)34-16-6-5-14(8-23)7-15(16)22(28)29/h5-7,17-21,23H,8-9H2,1-4H3. The van der Waals surface area contributed by atoms with E-state index in [1.54, 1.807) is 0 Å². The molecule has 0 aliphatic carbocycles. The summed E-state index contributed by atoms with van der Waals surface area (Å²) in [6.45, 7) is 3.34. The minimum absolute atomic E-state index is 0.227. The molecule has 2 rings (SSSR count). The van der Waals surface area contributed by atoms with E-state index in [-0.39, 0.29) is 11.3 Å². The van der Waals surface area contributed by atoms with Crippen LogP contribution in [0, 0.1) is 10.1 Å². The molecule has 1 aliphatic rings. The molecule has 5 atom stereocenters. The Morgan fingerprint density at radius 1 is 0.943 bits per heavy atom. The normalized spacial score (nSPS) is 23.5. The van der Waals surface area contributed by atoms with E-state index < -0.39 is 78.4 Å². The molecular weight excluding hydrogens is 474 g/mol. The molecule has 0 saturated carbocycles. The maximum absolute atomic E-state index is 11.8. The minimum atomic E-state index is -1.63. The van der Waals surface area contributed by atoms with Crippen LogP contribution in [0.4, 0.5) is 5.69 Å². The number of carbonyl (C=O) groups is 4. The molecule has 1 fully saturated rings. The lowest BCUT2D eigenvalue weighted by Crippen LogP contribution is -2.63. The van der Waals surface area contributed by atoms with Crippen molar-refractivity contribution in [3.8, 4) is 5.75 Å². The molecule has 1 aliphatic heterocycles. The summed E-state index contributed by atoms with van der Waals surface area (Å²) in [5.74, 6) is -3.52. The molecule has 0 spiro atoms. The molecule has 35 heavy (non-hydrogen) atoms. The molecule has 0 bridgehead atoms. The van der Waals surface area contributed by atoms with Crippen LogP contribution >= 0.6 is 0 Å². The zero-order valence-electron chi connectivity index (χ0n) is 19.3. The van der Waals surface area contributed by atoms with Crippen LogP contribution in [0.15, 0.2) is 18.2 Å². The van der Waals surface area contributed by atoms with Crippen LogP contribution in [0.25, 0.3) is 0 Å². The molecule has 0 amide bonds. The lowest BCUT2D eigenvalue weighted by molar-refractivity contribution is -0.387. The maximum Gasteiger partial charge on any atom is 0.311 e. The van der Waals surface area contributed by atoms with Crippen molar-refractivity contribution in [3.05, 3.63) is 33.9 Å². The van der Waals surface area contributed by atoms with Gasteiger partial charge in [-0.2, -0.15) is 0 Å². The van der Waals surface area contributed by atoms with Crippen molar-refractivity contribution in [2.24, 2.45) is 0 Å². The summed E-state index contributed by atoms with van der Waals surface area (Å²) >= 11 is 0. The predicted molar refractivity (Wildman–Crippen MR) is 112 cm³/mol. The Labute approximate surface area is 199 Å². The second kappa shape index (κ2) is 12.1. The first-order chi connectivity index (χ1) is 16.4. The third-order valence-electron chi connectivity index (χ3n) is 4.59. The summed E-state index contributed by atoms with van der Waals surface area (Å²) in [5, 5.41) is 20.8. The molecule has 14 nitrogen and oxygen atoms in total. The lowest BCUT2D eigenvalue weighted by atomic mass is 9.98. The highest BCUT2D eigenvalue weighted by molar-refractivity contribution is 5.68. The van der Waals surface area contributed by atoms with Crippen molar-refractivity contribution in [1.29, 1.82) is 0 Å². The molecule has 1 aromatic carbocycles. The first-order valence-corrected chi connectivity index (χ1v) is 10.3. The Hall–Kier alpha value is -3.78. The van der Waals surface area contributed by atoms with Crippen molar-refractivity contribution >= 4 is 29.6 Å². The Kier molecular flexibility index (Phi) is 9.48. The number of aliphatic hydroxyl groups excluding tert-OH is 1. The van der Waals surface area contributed by atoms with Gasteiger partial charge in [0, 0.05) is 33.8 Å². The highest BCUT2D eigenvalue weighted by atomic mass is 16.7. The average molecular weight is 499 g/mol. The number of nitro groups is 1. The highest BCUT2D eigenvalue weighted by Crippen LogP contribution is 2.34. The van der Waals surface area contributed by atoms with Crippen LogP contribution in [0.1, 0.15) is 33.3 Å². The van der Waals surface area contributed by atoms with Gasteiger partial charge in [-0.3, -0.25) is 29.3 Å². The molecular formula is C21H25NO13. The van der Waals surface area contributed by atoms with Gasteiger partial charge in [-0.1, -0.05) is 6.07 Å². The summed E-state index contributed by atoms with van der Waals surface area (Å²) in [5.41, 5.74) is -0.310. The van der Waals surface area contributed by atoms with Crippen molar-refractivity contribution < 1.29 is 57.6 Å². The van der Waals surface area contributed by atoms with Crippen LogP contribution in [0.2, 0.25) is 0 Å². The van der Waals surface area contributed by atoms with Gasteiger partial charge in [0.05, 0.1) is 11.5 Å². The van der Waals surface area contributed by atoms with Gasteiger partial charge in [-0.15, -0.1) is 0 Å². The van der Waals surface area contributed by atoms with Gasteiger partial charge in [0.1, 0.15) is 12.7 Å². The van der Waals surface area contributed by atoms with E-state index in [1.807, 2.05) is 0 Å². The third-order valence-corrected chi connectivity index (χ3v) is 4.59. The van der Waals surface area contributed by atoms with Crippen molar-refractivity contribution in [2.45, 2.75) is 65.0 Å². The summed E-state index contributed by atoms with van der Waals surface area (Å²) < 4.78 is 32.1. The summed E-state index contributed by atoms with van der Waals surface area (Å²) in [6.07, 6.45) is -7.34. The first kappa shape index (κ1) is 27.5. The molecule has 1 saturated heterocycles. The molecule has 1 N–H and O–H groups in total. The van der Waals surface area contributed by atoms with Crippen molar-refractivity contribution in [2.75, 3.05) is 6.61 Å². The SMILES string of the molecule is CC(=O)OCC1OC(Oc2ccc(CO)cc2[N+](=O)[O-])C(OC(C)=O)C(OC(C)=O)C1OC(C)=O.